The van der Waals surface area contributed by atoms with Crippen molar-refractivity contribution in [2.45, 2.75) is 123 Å². The van der Waals surface area contributed by atoms with Crippen LogP contribution in [-0.4, -0.2) is 30.5 Å². The molecule has 0 aliphatic rings. The van der Waals surface area contributed by atoms with Gasteiger partial charge in [-0.2, -0.15) is 0 Å². The SMILES string of the molecule is CCCCCCCCN(CCCCCCCC)CCCCCCC(=O)[O-].[Li+]. The van der Waals surface area contributed by atoms with Gasteiger partial charge < -0.3 is 14.8 Å². The first-order valence-corrected chi connectivity index (χ1v) is 11.6. The van der Waals surface area contributed by atoms with Crippen molar-refractivity contribution in [2.24, 2.45) is 0 Å². The Morgan fingerprint density at radius 2 is 0.926 bits per heavy atom. The van der Waals surface area contributed by atoms with Gasteiger partial charge in [0.2, 0.25) is 0 Å². The van der Waals surface area contributed by atoms with E-state index in [1.165, 1.54) is 103 Å². The standard InChI is InChI=1S/C23H47NO2.Li/c1-3-5-7-9-12-16-20-24(21-17-13-10-8-6-4-2)22-18-14-11-15-19-23(25)26;/h3-22H2,1-2H3,(H,25,26);/q;+1/p-1. The van der Waals surface area contributed by atoms with Crippen LogP contribution < -0.4 is 24.0 Å². The molecule has 0 N–H and O–H groups in total. The molecule has 0 saturated heterocycles. The average Bonchev–Trinajstić information content (AvgIpc) is 2.62. The van der Waals surface area contributed by atoms with E-state index in [9.17, 15) is 9.90 Å². The van der Waals surface area contributed by atoms with Gasteiger partial charge in [0.05, 0.1) is 0 Å². The van der Waals surface area contributed by atoms with Gasteiger partial charge in [-0.05, 0) is 51.7 Å². The summed E-state index contributed by atoms with van der Waals surface area (Å²) in [4.78, 5) is 13.1. The second kappa shape index (κ2) is 24.1. The van der Waals surface area contributed by atoms with Crippen molar-refractivity contribution in [3.8, 4) is 0 Å². The van der Waals surface area contributed by atoms with Crippen LogP contribution in [0.25, 0.3) is 0 Å². The van der Waals surface area contributed by atoms with Crippen LogP contribution in [0.15, 0.2) is 0 Å². The molecule has 156 valence electrons. The Balaban J connectivity index is 0. The molecule has 3 nitrogen and oxygen atoms in total. The molecule has 0 amide bonds. The van der Waals surface area contributed by atoms with Crippen molar-refractivity contribution in [3.63, 3.8) is 0 Å². The number of hydrogen-bond donors (Lipinski definition) is 0. The fourth-order valence-corrected chi connectivity index (χ4v) is 3.53. The third kappa shape index (κ3) is 24.0. The van der Waals surface area contributed by atoms with Crippen LogP contribution in [0, 0.1) is 0 Å². The first-order chi connectivity index (χ1) is 12.7. The molecule has 0 spiro atoms. The summed E-state index contributed by atoms with van der Waals surface area (Å²) in [5, 5.41) is 10.4. The predicted molar refractivity (Wildman–Crippen MR) is 111 cm³/mol. The third-order valence-electron chi connectivity index (χ3n) is 5.26. The van der Waals surface area contributed by atoms with Gasteiger partial charge in [-0.25, -0.2) is 0 Å². The van der Waals surface area contributed by atoms with E-state index in [0.29, 0.717) is 0 Å². The Bertz CT molecular complexity index is 284. The molecule has 0 heterocycles. The Labute approximate surface area is 182 Å². The fourth-order valence-electron chi connectivity index (χ4n) is 3.53. The van der Waals surface area contributed by atoms with Crippen molar-refractivity contribution in [3.05, 3.63) is 0 Å². The van der Waals surface area contributed by atoms with E-state index in [1.54, 1.807) is 0 Å². The number of unbranched alkanes of at least 4 members (excludes halogenated alkanes) is 13. The molecule has 0 aromatic carbocycles. The van der Waals surface area contributed by atoms with Gasteiger partial charge in [-0.15, -0.1) is 0 Å². The van der Waals surface area contributed by atoms with Gasteiger partial charge in [0.1, 0.15) is 0 Å². The van der Waals surface area contributed by atoms with E-state index in [0.717, 1.165) is 19.3 Å². The molecule has 27 heavy (non-hydrogen) atoms. The van der Waals surface area contributed by atoms with Crippen molar-refractivity contribution in [2.75, 3.05) is 19.6 Å². The van der Waals surface area contributed by atoms with Crippen molar-refractivity contribution in [1.82, 2.24) is 4.90 Å². The minimum absolute atomic E-state index is 0. The fraction of sp³-hybridized carbons (Fsp3) is 0.957. The number of rotatable bonds is 21. The molecule has 0 aromatic heterocycles. The van der Waals surface area contributed by atoms with E-state index in [2.05, 4.69) is 18.7 Å². The molecular weight excluding hydrogens is 329 g/mol. The van der Waals surface area contributed by atoms with Gasteiger partial charge in [0.25, 0.3) is 0 Å². The van der Waals surface area contributed by atoms with Crippen molar-refractivity contribution in [1.29, 1.82) is 0 Å². The second-order valence-corrected chi connectivity index (χ2v) is 7.91. The molecule has 0 fully saturated rings. The van der Waals surface area contributed by atoms with E-state index in [4.69, 9.17) is 0 Å². The van der Waals surface area contributed by atoms with Crippen LogP contribution in [0.1, 0.15) is 123 Å². The van der Waals surface area contributed by atoms with Crippen molar-refractivity contribution < 1.29 is 28.8 Å². The maximum absolute atomic E-state index is 10.4. The number of nitrogens with zero attached hydrogens (tertiary/aromatic N) is 1. The molecular formula is C23H46LiNO2. The van der Waals surface area contributed by atoms with Gasteiger partial charge >= 0.3 is 18.9 Å². The average molecular weight is 376 g/mol. The summed E-state index contributed by atoms with van der Waals surface area (Å²) in [6, 6.07) is 0. The summed E-state index contributed by atoms with van der Waals surface area (Å²) in [5.41, 5.74) is 0. The topological polar surface area (TPSA) is 43.4 Å². The van der Waals surface area contributed by atoms with Gasteiger partial charge in [-0.3, -0.25) is 0 Å². The number of carboxylic acid groups (broad SMARTS) is 1. The van der Waals surface area contributed by atoms with Crippen LogP contribution in [0.5, 0.6) is 0 Å². The third-order valence-corrected chi connectivity index (χ3v) is 5.26. The summed E-state index contributed by atoms with van der Waals surface area (Å²) in [5.74, 6) is -0.905. The Hall–Kier alpha value is 0.0274. The minimum Gasteiger partial charge on any atom is -0.550 e. The largest absolute Gasteiger partial charge is 1.00 e. The minimum atomic E-state index is -0.905. The zero-order valence-electron chi connectivity index (χ0n) is 18.9. The zero-order valence-corrected chi connectivity index (χ0v) is 18.9. The Kier molecular flexibility index (Phi) is 26.1. The van der Waals surface area contributed by atoms with Crippen LogP contribution in [0.3, 0.4) is 0 Å². The van der Waals surface area contributed by atoms with Gasteiger partial charge in [0, 0.05) is 5.97 Å². The van der Waals surface area contributed by atoms with Crippen LogP contribution in [-0.2, 0) is 4.79 Å². The number of carbonyl (C=O) groups excluding carboxylic acids is 1. The molecule has 0 rings (SSSR count). The number of carboxylic acids is 1. The molecule has 0 radical (unpaired) electrons. The monoisotopic (exact) mass is 375 g/mol. The molecule has 0 saturated carbocycles. The molecule has 0 unspecified atom stereocenters. The quantitative estimate of drug-likeness (QED) is 0.229. The summed E-state index contributed by atoms with van der Waals surface area (Å²) in [7, 11) is 0. The van der Waals surface area contributed by atoms with Crippen LogP contribution in [0.2, 0.25) is 0 Å². The zero-order chi connectivity index (χ0) is 19.3. The van der Waals surface area contributed by atoms with E-state index in [1.807, 2.05) is 0 Å². The smallest absolute Gasteiger partial charge is 0.550 e. The summed E-state index contributed by atoms with van der Waals surface area (Å²) >= 11 is 0. The molecule has 0 atom stereocenters. The molecule has 0 aliphatic carbocycles. The summed E-state index contributed by atoms with van der Waals surface area (Å²) < 4.78 is 0. The first kappa shape index (κ1) is 29.2. The maximum Gasteiger partial charge on any atom is 1.00 e. The van der Waals surface area contributed by atoms with Crippen molar-refractivity contribution >= 4 is 5.97 Å². The van der Waals surface area contributed by atoms with E-state index >= 15 is 0 Å². The number of carbonyl (C=O) groups is 1. The Morgan fingerprint density at radius 3 is 1.30 bits per heavy atom. The summed E-state index contributed by atoms with van der Waals surface area (Å²) in [6.45, 7) is 8.24. The first-order valence-electron chi connectivity index (χ1n) is 11.6. The normalized spacial score (nSPS) is 10.9. The van der Waals surface area contributed by atoms with Gasteiger partial charge in [0.15, 0.2) is 0 Å². The van der Waals surface area contributed by atoms with Crippen LogP contribution in [0.4, 0.5) is 0 Å². The number of hydrogen-bond acceptors (Lipinski definition) is 3. The van der Waals surface area contributed by atoms with Crippen LogP contribution >= 0.6 is 0 Å². The molecule has 0 bridgehead atoms. The molecule has 0 aliphatic heterocycles. The van der Waals surface area contributed by atoms with Gasteiger partial charge in [-0.1, -0.05) is 90.9 Å². The Morgan fingerprint density at radius 1 is 0.593 bits per heavy atom. The summed E-state index contributed by atoms with van der Waals surface area (Å²) in [6.07, 6.45) is 20.8. The van der Waals surface area contributed by atoms with E-state index in [-0.39, 0.29) is 25.3 Å². The maximum atomic E-state index is 10.4. The second-order valence-electron chi connectivity index (χ2n) is 7.91. The molecule has 4 heteroatoms. The number of aliphatic carboxylic acids is 1. The predicted octanol–water partition coefficient (Wildman–Crippen LogP) is 2.71. The molecule has 0 aromatic rings. The van der Waals surface area contributed by atoms with E-state index < -0.39 is 5.97 Å².